The van der Waals surface area contributed by atoms with Gasteiger partial charge in [0.25, 0.3) is 5.91 Å². The van der Waals surface area contributed by atoms with E-state index in [0.29, 0.717) is 28.7 Å². The molecule has 0 fully saturated rings. The predicted molar refractivity (Wildman–Crippen MR) is 149 cm³/mol. The van der Waals surface area contributed by atoms with Crippen molar-refractivity contribution in [1.29, 1.82) is 0 Å². The average molecular weight is 517 g/mol. The Hall–Kier alpha value is -3.38. The van der Waals surface area contributed by atoms with Crippen LogP contribution in [0.25, 0.3) is 33.2 Å². The molecule has 36 heavy (non-hydrogen) atoms. The molecule has 5 aromatic rings. The van der Waals surface area contributed by atoms with E-state index in [-0.39, 0.29) is 5.91 Å². The SMILES string of the molecule is CCNCCNC(=O)c1cccc(-c2nc3cc(Cl)c(Cl)cc3n2Cc2cccc3ccccc23)c1. The fourth-order valence-electron chi connectivity index (χ4n) is 4.44. The minimum absolute atomic E-state index is 0.113. The molecule has 5 nitrogen and oxygen atoms in total. The van der Waals surface area contributed by atoms with Crippen LogP contribution in [0, 0.1) is 0 Å². The Morgan fingerprint density at radius 3 is 2.56 bits per heavy atom. The number of halogens is 2. The Kier molecular flexibility index (Phi) is 7.23. The second kappa shape index (κ2) is 10.7. The zero-order chi connectivity index (χ0) is 25.1. The number of fused-ring (bicyclic) bond motifs is 2. The Morgan fingerprint density at radius 1 is 0.917 bits per heavy atom. The third kappa shape index (κ3) is 4.96. The standard InChI is InChI=1S/C29H26Cl2N4O/c1-2-32-13-14-33-29(36)21-10-6-9-20(15-21)28-34-26-16-24(30)25(31)17-27(26)35(28)18-22-11-5-8-19-7-3-4-12-23(19)22/h3-12,15-17,32H,2,13-14,18H2,1H3,(H,33,36). The van der Waals surface area contributed by atoms with Crippen molar-refractivity contribution in [3.8, 4) is 11.4 Å². The van der Waals surface area contributed by atoms with Crippen LogP contribution in [0.4, 0.5) is 0 Å². The normalized spacial score (nSPS) is 11.3. The van der Waals surface area contributed by atoms with Gasteiger partial charge in [0.1, 0.15) is 5.82 Å². The Bertz CT molecular complexity index is 1560. The summed E-state index contributed by atoms with van der Waals surface area (Å²) in [5, 5.41) is 9.47. The lowest BCUT2D eigenvalue weighted by molar-refractivity contribution is 0.0954. The highest BCUT2D eigenvalue weighted by molar-refractivity contribution is 6.42. The lowest BCUT2D eigenvalue weighted by Crippen LogP contribution is -2.31. The van der Waals surface area contributed by atoms with Gasteiger partial charge in [0.05, 0.1) is 27.6 Å². The Balaban J connectivity index is 1.59. The number of nitrogens with one attached hydrogen (secondary N) is 2. The molecular formula is C29H26Cl2N4O. The van der Waals surface area contributed by atoms with E-state index in [0.717, 1.165) is 41.1 Å². The predicted octanol–water partition coefficient (Wildman–Crippen LogP) is 6.55. The summed E-state index contributed by atoms with van der Waals surface area (Å²) in [6.45, 7) is 4.78. The zero-order valence-corrected chi connectivity index (χ0v) is 21.4. The van der Waals surface area contributed by atoms with Gasteiger partial charge in [-0.1, -0.05) is 84.7 Å². The third-order valence-corrected chi connectivity index (χ3v) is 6.94. The van der Waals surface area contributed by atoms with Crippen LogP contribution in [0.3, 0.4) is 0 Å². The molecule has 4 aromatic carbocycles. The van der Waals surface area contributed by atoms with E-state index in [1.165, 1.54) is 10.8 Å². The number of amides is 1. The fourth-order valence-corrected chi connectivity index (χ4v) is 4.76. The quantitative estimate of drug-likeness (QED) is 0.230. The van der Waals surface area contributed by atoms with Gasteiger partial charge in [0.2, 0.25) is 0 Å². The van der Waals surface area contributed by atoms with E-state index in [2.05, 4.69) is 45.5 Å². The van der Waals surface area contributed by atoms with Crippen molar-refractivity contribution in [2.45, 2.75) is 13.5 Å². The van der Waals surface area contributed by atoms with Gasteiger partial charge in [-0.05, 0) is 47.1 Å². The maximum atomic E-state index is 12.8. The second-order valence-electron chi connectivity index (χ2n) is 8.61. The van der Waals surface area contributed by atoms with E-state index in [9.17, 15) is 4.79 Å². The summed E-state index contributed by atoms with van der Waals surface area (Å²) in [5.74, 6) is 0.635. The second-order valence-corrected chi connectivity index (χ2v) is 9.42. The first-order valence-corrected chi connectivity index (χ1v) is 12.7. The van der Waals surface area contributed by atoms with Gasteiger partial charge in [-0.25, -0.2) is 4.98 Å². The van der Waals surface area contributed by atoms with Gasteiger partial charge in [-0.3, -0.25) is 4.79 Å². The molecule has 2 N–H and O–H groups in total. The summed E-state index contributed by atoms with van der Waals surface area (Å²) in [6.07, 6.45) is 0. The Morgan fingerprint density at radius 2 is 1.69 bits per heavy atom. The van der Waals surface area contributed by atoms with E-state index in [4.69, 9.17) is 28.2 Å². The maximum Gasteiger partial charge on any atom is 0.251 e. The topological polar surface area (TPSA) is 58.9 Å². The van der Waals surface area contributed by atoms with Crippen LogP contribution in [0.15, 0.2) is 78.9 Å². The molecule has 1 aromatic heterocycles. The molecular weight excluding hydrogens is 491 g/mol. The number of hydrogen-bond acceptors (Lipinski definition) is 3. The van der Waals surface area contributed by atoms with Crippen molar-refractivity contribution in [1.82, 2.24) is 20.2 Å². The molecule has 0 spiro atoms. The summed E-state index contributed by atoms with van der Waals surface area (Å²) in [7, 11) is 0. The summed E-state index contributed by atoms with van der Waals surface area (Å²) in [4.78, 5) is 17.7. The van der Waals surface area contributed by atoms with E-state index in [1.54, 1.807) is 6.07 Å². The number of likely N-dealkylation sites (N-methyl/N-ethyl adjacent to an activating group) is 1. The monoisotopic (exact) mass is 516 g/mol. The molecule has 5 rings (SSSR count). The first-order chi connectivity index (χ1) is 17.5. The number of carbonyl (C=O) groups is 1. The molecule has 0 saturated carbocycles. The highest BCUT2D eigenvalue weighted by Gasteiger charge is 2.17. The van der Waals surface area contributed by atoms with Crippen LogP contribution < -0.4 is 10.6 Å². The fraction of sp³-hybridized carbons (Fsp3) is 0.172. The number of aromatic nitrogens is 2. The van der Waals surface area contributed by atoms with Crippen LogP contribution in [0.5, 0.6) is 0 Å². The number of benzene rings is 4. The molecule has 7 heteroatoms. The van der Waals surface area contributed by atoms with Crippen molar-refractivity contribution in [3.05, 3.63) is 100 Å². The molecule has 0 saturated heterocycles. The molecule has 0 unspecified atom stereocenters. The number of nitrogens with zero attached hydrogens (tertiary/aromatic N) is 2. The molecule has 1 heterocycles. The third-order valence-electron chi connectivity index (χ3n) is 6.22. The van der Waals surface area contributed by atoms with E-state index < -0.39 is 0 Å². The minimum Gasteiger partial charge on any atom is -0.351 e. The number of hydrogen-bond donors (Lipinski definition) is 2. The first-order valence-electron chi connectivity index (χ1n) is 12.0. The molecule has 0 aliphatic heterocycles. The Labute approximate surface area is 220 Å². The van der Waals surface area contributed by atoms with E-state index in [1.807, 2.05) is 49.4 Å². The van der Waals surface area contributed by atoms with Crippen molar-refractivity contribution in [3.63, 3.8) is 0 Å². The molecule has 0 bridgehead atoms. The minimum atomic E-state index is -0.113. The van der Waals surface area contributed by atoms with Crippen molar-refractivity contribution >= 4 is 50.9 Å². The average Bonchev–Trinajstić information content (AvgIpc) is 3.24. The highest BCUT2D eigenvalue weighted by Crippen LogP contribution is 2.33. The summed E-state index contributed by atoms with van der Waals surface area (Å²) >= 11 is 12.8. The summed E-state index contributed by atoms with van der Waals surface area (Å²) in [5.41, 5.74) is 4.23. The molecule has 0 aliphatic rings. The van der Waals surface area contributed by atoms with E-state index >= 15 is 0 Å². The summed E-state index contributed by atoms with van der Waals surface area (Å²) in [6, 6.07) is 25.8. The number of carbonyl (C=O) groups excluding carboxylic acids is 1. The summed E-state index contributed by atoms with van der Waals surface area (Å²) < 4.78 is 2.14. The van der Waals surface area contributed by atoms with Crippen LogP contribution in [0.1, 0.15) is 22.8 Å². The van der Waals surface area contributed by atoms with Crippen LogP contribution in [-0.2, 0) is 6.54 Å². The van der Waals surface area contributed by atoms with Gasteiger partial charge in [0.15, 0.2) is 0 Å². The van der Waals surface area contributed by atoms with Gasteiger partial charge >= 0.3 is 0 Å². The largest absolute Gasteiger partial charge is 0.351 e. The molecule has 182 valence electrons. The number of rotatable bonds is 8. The molecule has 0 atom stereocenters. The molecule has 0 radical (unpaired) electrons. The zero-order valence-electron chi connectivity index (χ0n) is 19.9. The van der Waals surface area contributed by atoms with Gasteiger partial charge in [0, 0.05) is 24.2 Å². The molecule has 1 amide bonds. The molecule has 0 aliphatic carbocycles. The lowest BCUT2D eigenvalue weighted by atomic mass is 10.0. The smallest absolute Gasteiger partial charge is 0.251 e. The maximum absolute atomic E-state index is 12.8. The highest BCUT2D eigenvalue weighted by atomic mass is 35.5. The van der Waals surface area contributed by atoms with Crippen molar-refractivity contribution in [2.75, 3.05) is 19.6 Å². The van der Waals surface area contributed by atoms with Crippen LogP contribution in [-0.4, -0.2) is 35.1 Å². The van der Waals surface area contributed by atoms with Crippen molar-refractivity contribution in [2.24, 2.45) is 0 Å². The van der Waals surface area contributed by atoms with Gasteiger partial charge in [-0.2, -0.15) is 0 Å². The number of imidazole rings is 1. The lowest BCUT2D eigenvalue weighted by Gasteiger charge is -2.13. The van der Waals surface area contributed by atoms with Crippen LogP contribution in [0.2, 0.25) is 10.0 Å². The van der Waals surface area contributed by atoms with Gasteiger partial charge < -0.3 is 15.2 Å². The van der Waals surface area contributed by atoms with Crippen molar-refractivity contribution < 1.29 is 4.79 Å². The first kappa shape index (κ1) is 24.3. The van der Waals surface area contributed by atoms with Crippen LogP contribution >= 0.6 is 23.2 Å². The van der Waals surface area contributed by atoms with Gasteiger partial charge in [-0.15, -0.1) is 0 Å².